The van der Waals surface area contributed by atoms with Gasteiger partial charge in [-0.25, -0.2) is 0 Å². The van der Waals surface area contributed by atoms with Gasteiger partial charge in [0.2, 0.25) is 5.91 Å². The zero-order chi connectivity index (χ0) is 14.5. The van der Waals surface area contributed by atoms with Crippen molar-refractivity contribution in [1.82, 2.24) is 5.32 Å². The Balaban J connectivity index is 1.42. The van der Waals surface area contributed by atoms with Gasteiger partial charge in [-0.3, -0.25) is 4.79 Å². The molecule has 1 saturated heterocycles. The van der Waals surface area contributed by atoms with Gasteiger partial charge in [0.15, 0.2) is 0 Å². The van der Waals surface area contributed by atoms with E-state index in [-0.39, 0.29) is 18.1 Å². The number of carbonyl (C=O) groups excluding carboxylic acids is 1. The zero-order valence-corrected chi connectivity index (χ0v) is 13.0. The average Bonchev–Trinajstić information content (AvgIpc) is 2.91. The van der Waals surface area contributed by atoms with Crippen molar-refractivity contribution in [2.24, 2.45) is 11.8 Å². The van der Waals surface area contributed by atoms with Crippen LogP contribution in [0.1, 0.15) is 57.8 Å². The fraction of sp³-hybridized carbons (Fsp3) is 0.941. The van der Waals surface area contributed by atoms with E-state index in [9.17, 15) is 4.79 Å². The molecule has 120 valence electrons. The Morgan fingerprint density at radius 3 is 2.52 bits per heavy atom. The Labute approximate surface area is 127 Å². The number of nitrogens with one attached hydrogen (secondary N) is 1. The number of carbonyl (C=O) groups is 1. The maximum absolute atomic E-state index is 12.2. The monoisotopic (exact) mass is 295 g/mol. The van der Waals surface area contributed by atoms with Crippen molar-refractivity contribution < 1.29 is 14.3 Å². The molecule has 1 heterocycles. The summed E-state index contributed by atoms with van der Waals surface area (Å²) >= 11 is 0. The molecule has 0 unspecified atom stereocenters. The van der Waals surface area contributed by atoms with Crippen molar-refractivity contribution in [3.05, 3.63) is 0 Å². The van der Waals surface area contributed by atoms with E-state index in [0.717, 1.165) is 25.6 Å². The van der Waals surface area contributed by atoms with E-state index in [1.807, 2.05) is 0 Å². The van der Waals surface area contributed by atoms with Gasteiger partial charge in [-0.2, -0.15) is 0 Å². The number of rotatable bonds is 6. The second-order valence-corrected chi connectivity index (χ2v) is 7.06. The van der Waals surface area contributed by atoms with Gasteiger partial charge in [-0.1, -0.05) is 19.3 Å². The van der Waals surface area contributed by atoms with Gasteiger partial charge in [-0.15, -0.1) is 0 Å². The van der Waals surface area contributed by atoms with Crippen LogP contribution in [0.4, 0.5) is 0 Å². The summed E-state index contributed by atoms with van der Waals surface area (Å²) in [5.74, 6) is 1.54. The summed E-state index contributed by atoms with van der Waals surface area (Å²) in [5.41, 5.74) is 0. The fourth-order valence-corrected chi connectivity index (χ4v) is 3.71. The van der Waals surface area contributed by atoms with E-state index in [1.165, 1.54) is 44.9 Å². The Kier molecular flexibility index (Phi) is 5.53. The highest BCUT2D eigenvalue weighted by Gasteiger charge is 2.30. The summed E-state index contributed by atoms with van der Waals surface area (Å²) < 4.78 is 11.6. The Morgan fingerprint density at radius 1 is 1.05 bits per heavy atom. The van der Waals surface area contributed by atoms with Gasteiger partial charge in [0.25, 0.3) is 0 Å². The molecule has 0 aromatic heterocycles. The maximum atomic E-state index is 12.2. The topological polar surface area (TPSA) is 47.6 Å². The summed E-state index contributed by atoms with van der Waals surface area (Å²) in [7, 11) is 0. The molecule has 2 aliphatic carbocycles. The molecule has 0 aromatic carbocycles. The van der Waals surface area contributed by atoms with Crippen LogP contribution in [0.25, 0.3) is 0 Å². The molecule has 0 aromatic rings. The highest BCUT2D eigenvalue weighted by Crippen LogP contribution is 2.28. The van der Waals surface area contributed by atoms with Crippen LogP contribution in [0.5, 0.6) is 0 Å². The third kappa shape index (κ3) is 4.43. The molecule has 21 heavy (non-hydrogen) atoms. The third-order valence-electron chi connectivity index (χ3n) is 5.36. The SMILES string of the molecule is O=C(CC1CCCC1)N[C@@H]1COCC[C@@H]1OCC1CCC1. The normalized spacial score (nSPS) is 31.0. The van der Waals surface area contributed by atoms with Crippen LogP contribution in [0.2, 0.25) is 0 Å². The molecule has 1 N–H and O–H groups in total. The summed E-state index contributed by atoms with van der Waals surface area (Å²) in [6.07, 6.45) is 10.7. The predicted octanol–water partition coefficient (Wildman–Crippen LogP) is 2.66. The minimum absolute atomic E-state index is 0.0488. The number of hydrogen-bond donors (Lipinski definition) is 1. The van der Waals surface area contributed by atoms with Crippen LogP contribution < -0.4 is 5.32 Å². The van der Waals surface area contributed by atoms with Crippen LogP contribution in [0.3, 0.4) is 0 Å². The van der Waals surface area contributed by atoms with Crippen LogP contribution in [-0.2, 0) is 14.3 Å². The highest BCUT2D eigenvalue weighted by atomic mass is 16.5. The molecule has 3 rings (SSSR count). The molecule has 0 spiro atoms. The van der Waals surface area contributed by atoms with Gasteiger partial charge in [0.1, 0.15) is 0 Å². The zero-order valence-electron chi connectivity index (χ0n) is 13.0. The minimum Gasteiger partial charge on any atom is -0.379 e. The summed E-state index contributed by atoms with van der Waals surface area (Å²) in [6.45, 7) is 2.22. The first-order valence-electron chi connectivity index (χ1n) is 8.80. The van der Waals surface area contributed by atoms with Gasteiger partial charge in [-0.05, 0) is 43.9 Å². The molecule has 1 aliphatic heterocycles. The first-order chi connectivity index (χ1) is 10.3. The van der Waals surface area contributed by atoms with Crippen molar-refractivity contribution in [2.75, 3.05) is 19.8 Å². The van der Waals surface area contributed by atoms with Crippen molar-refractivity contribution in [2.45, 2.75) is 69.9 Å². The van der Waals surface area contributed by atoms with E-state index in [0.29, 0.717) is 18.9 Å². The maximum Gasteiger partial charge on any atom is 0.220 e. The minimum atomic E-state index is 0.0488. The molecule has 4 heteroatoms. The standard InChI is InChI=1S/C17H29NO3/c19-17(10-13-4-1-2-5-13)18-15-12-20-9-8-16(15)21-11-14-6-3-7-14/h13-16H,1-12H2,(H,18,19)/t15-,16+/m1/s1. The predicted molar refractivity (Wildman–Crippen MR) is 81.0 cm³/mol. The molecular weight excluding hydrogens is 266 g/mol. The quantitative estimate of drug-likeness (QED) is 0.819. The molecular formula is C17H29NO3. The van der Waals surface area contributed by atoms with E-state index < -0.39 is 0 Å². The molecule has 0 radical (unpaired) electrons. The third-order valence-corrected chi connectivity index (χ3v) is 5.36. The first kappa shape index (κ1) is 15.3. The molecule has 2 atom stereocenters. The lowest BCUT2D eigenvalue weighted by molar-refractivity contribution is -0.127. The number of ether oxygens (including phenoxy) is 2. The smallest absolute Gasteiger partial charge is 0.220 e. The van der Waals surface area contributed by atoms with Crippen LogP contribution in [0, 0.1) is 11.8 Å². The molecule has 4 nitrogen and oxygen atoms in total. The van der Waals surface area contributed by atoms with E-state index in [4.69, 9.17) is 9.47 Å². The van der Waals surface area contributed by atoms with Crippen molar-refractivity contribution >= 4 is 5.91 Å². The number of hydrogen-bond acceptors (Lipinski definition) is 3. The molecule has 3 fully saturated rings. The lowest BCUT2D eigenvalue weighted by Crippen LogP contribution is -2.51. The summed E-state index contributed by atoms with van der Waals surface area (Å²) in [5, 5.41) is 3.17. The second kappa shape index (κ2) is 7.59. The average molecular weight is 295 g/mol. The van der Waals surface area contributed by atoms with E-state index in [1.54, 1.807) is 0 Å². The van der Waals surface area contributed by atoms with Crippen molar-refractivity contribution in [3.8, 4) is 0 Å². The lowest BCUT2D eigenvalue weighted by atomic mass is 9.86. The summed E-state index contributed by atoms with van der Waals surface area (Å²) in [4.78, 5) is 12.2. The number of amides is 1. The van der Waals surface area contributed by atoms with Crippen LogP contribution in [-0.4, -0.2) is 37.9 Å². The van der Waals surface area contributed by atoms with Crippen molar-refractivity contribution in [1.29, 1.82) is 0 Å². The van der Waals surface area contributed by atoms with Crippen molar-refractivity contribution in [3.63, 3.8) is 0 Å². The van der Waals surface area contributed by atoms with E-state index >= 15 is 0 Å². The molecule has 0 bridgehead atoms. The molecule has 3 aliphatic rings. The first-order valence-corrected chi connectivity index (χ1v) is 8.80. The lowest BCUT2D eigenvalue weighted by Gasteiger charge is -2.34. The molecule has 1 amide bonds. The van der Waals surface area contributed by atoms with Gasteiger partial charge < -0.3 is 14.8 Å². The second-order valence-electron chi connectivity index (χ2n) is 7.06. The molecule has 2 saturated carbocycles. The van der Waals surface area contributed by atoms with E-state index in [2.05, 4.69) is 5.32 Å². The van der Waals surface area contributed by atoms with Crippen LogP contribution >= 0.6 is 0 Å². The largest absolute Gasteiger partial charge is 0.379 e. The van der Waals surface area contributed by atoms with Crippen LogP contribution in [0.15, 0.2) is 0 Å². The fourth-order valence-electron chi connectivity index (χ4n) is 3.71. The van der Waals surface area contributed by atoms with Gasteiger partial charge in [0, 0.05) is 19.6 Å². The highest BCUT2D eigenvalue weighted by molar-refractivity contribution is 5.76. The Bertz CT molecular complexity index is 337. The summed E-state index contributed by atoms with van der Waals surface area (Å²) in [6, 6.07) is 0.0488. The van der Waals surface area contributed by atoms with Gasteiger partial charge >= 0.3 is 0 Å². The Morgan fingerprint density at radius 2 is 1.81 bits per heavy atom. The Hall–Kier alpha value is -0.610. The van der Waals surface area contributed by atoms with Gasteiger partial charge in [0.05, 0.1) is 18.8 Å².